The smallest absolute Gasteiger partial charge is 0.233 e. The summed E-state index contributed by atoms with van der Waals surface area (Å²) in [6, 6.07) is 9.15. The third-order valence-electron chi connectivity index (χ3n) is 6.22. The molecule has 5 rings (SSSR count). The van der Waals surface area contributed by atoms with Crippen molar-refractivity contribution in [3.05, 3.63) is 42.7 Å². The van der Waals surface area contributed by atoms with Gasteiger partial charge in [0.1, 0.15) is 11.9 Å². The van der Waals surface area contributed by atoms with Gasteiger partial charge < -0.3 is 15.2 Å². The van der Waals surface area contributed by atoms with Crippen molar-refractivity contribution in [2.45, 2.75) is 56.7 Å². The average molecular weight is 391 g/mol. The second kappa shape index (κ2) is 6.56. The maximum absolute atomic E-state index is 10.5. The molecule has 7 nitrogen and oxygen atoms in total. The summed E-state index contributed by atoms with van der Waals surface area (Å²) in [4.78, 5) is 0. The van der Waals surface area contributed by atoms with Crippen LogP contribution in [0.2, 0.25) is 0 Å². The molecule has 1 unspecified atom stereocenters. The summed E-state index contributed by atoms with van der Waals surface area (Å²) in [6.07, 6.45) is 7.95. The van der Waals surface area contributed by atoms with Crippen LogP contribution in [0, 0.1) is 0 Å². The van der Waals surface area contributed by atoms with Gasteiger partial charge in [-0.2, -0.15) is 5.10 Å². The Hall–Kier alpha value is -2.93. The molecule has 0 spiro atoms. The third-order valence-corrected chi connectivity index (χ3v) is 6.22. The summed E-state index contributed by atoms with van der Waals surface area (Å²) in [5, 5.41) is 29.5. The largest absolute Gasteiger partial charge is 0.507 e. The number of aromatic amines is 1. The standard InChI is InChI=1S/C22H25N5O2/c1-21-7-8-22(2,27-21)11-16(10-21)29-20-6-5-18(25-26-20)17-4-3-14(9-19(17)28)15-12-23-24-13-15/h3-6,9,12-13,16,27-28H,7-8,10-11H2,1-2H3,(H,23,24)/t16?,21-,22+. The molecule has 3 N–H and O–H groups in total. The number of H-pyrrole nitrogens is 1. The number of ether oxygens (including phenoxy) is 1. The molecule has 0 aliphatic carbocycles. The minimum Gasteiger partial charge on any atom is -0.507 e. The van der Waals surface area contributed by atoms with Crippen molar-refractivity contribution in [2.24, 2.45) is 0 Å². The monoisotopic (exact) mass is 391 g/mol. The zero-order valence-electron chi connectivity index (χ0n) is 16.6. The van der Waals surface area contributed by atoms with Gasteiger partial charge in [-0.1, -0.05) is 6.07 Å². The van der Waals surface area contributed by atoms with Crippen molar-refractivity contribution in [1.29, 1.82) is 0 Å². The van der Waals surface area contributed by atoms with E-state index >= 15 is 0 Å². The van der Waals surface area contributed by atoms with Gasteiger partial charge in [-0.3, -0.25) is 5.10 Å². The second-order valence-corrected chi connectivity index (χ2v) is 8.87. The maximum Gasteiger partial charge on any atom is 0.233 e. The minimum absolute atomic E-state index is 0.136. The van der Waals surface area contributed by atoms with Crippen LogP contribution in [0.25, 0.3) is 22.4 Å². The normalized spacial score (nSPS) is 28.4. The van der Waals surface area contributed by atoms with Gasteiger partial charge in [0.25, 0.3) is 0 Å². The Morgan fingerprint density at radius 3 is 2.45 bits per heavy atom. The number of phenols is 1. The molecule has 1 aromatic carbocycles. The lowest BCUT2D eigenvalue weighted by molar-refractivity contribution is 0.0754. The number of hydrogen-bond donors (Lipinski definition) is 3. The molecule has 29 heavy (non-hydrogen) atoms. The van der Waals surface area contributed by atoms with E-state index in [4.69, 9.17) is 4.74 Å². The second-order valence-electron chi connectivity index (χ2n) is 8.87. The number of rotatable bonds is 4. The third kappa shape index (κ3) is 3.46. The molecule has 2 aliphatic heterocycles. The van der Waals surface area contributed by atoms with Gasteiger partial charge in [0.05, 0.1) is 11.9 Å². The quantitative estimate of drug-likeness (QED) is 0.628. The molecular formula is C22H25N5O2. The number of phenolic OH excluding ortho intramolecular Hbond substituents is 1. The van der Waals surface area contributed by atoms with Crippen molar-refractivity contribution in [3.8, 4) is 34.0 Å². The van der Waals surface area contributed by atoms with Gasteiger partial charge in [0.15, 0.2) is 0 Å². The van der Waals surface area contributed by atoms with Gasteiger partial charge in [-0.05, 0) is 50.5 Å². The molecule has 3 aromatic rings. The molecule has 2 fully saturated rings. The Morgan fingerprint density at radius 1 is 1.03 bits per heavy atom. The van der Waals surface area contributed by atoms with Crippen LogP contribution in [0.1, 0.15) is 39.5 Å². The van der Waals surface area contributed by atoms with E-state index in [9.17, 15) is 5.11 Å². The van der Waals surface area contributed by atoms with Gasteiger partial charge >= 0.3 is 0 Å². The maximum atomic E-state index is 10.5. The lowest BCUT2D eigenvalue weighted by Crippen LogP contribution is -2.56. The molecule has 2 saturated heterocycles. The zero-order valence-corrected chi connectivity index (χ0v) is 16.6. The van der Waals surface area contributed by atoms with Crippen LogP contribution >= 0.6 is 0 Å². The summed E-state index contributed by atoms with van der Waals surface area (Å²) < 4.78 is 6.17. The fraction of sp³-hybridized carbons (Fsp3) is 0.409. The van der Waals surface area contributed by atoms with Crippen LogP contribution in [0.5, 0.6) is 11.6 Å². The molecule has 0 saturated carbocycles. The van der Waals surface area contributed by atoms with Crippen molar-refractivity contribution < 1.29 is 9.84 Å². The predicted octanol–water partition coefficient (Wildman–Crippen LogP) is 3.68. The molecule has 2 aliphatic rings. The lowest BCUT2D eigenvalue weighted by Gasteiger charge is -2.41. The Bertz CT molecular complexity index is 1000. The van der Waals surface area contributed by atoms with E-state index in [1.165, 1.54) is 12.8 Å². The number of nitrogens with one attached hydrogen (secondary N) is 2. The van der Waals surface area contributed by atoms with Crippen molar-refractivity contribution in [1.82, 2.24) is 25.7 Å². The first-order valence-electron chi connectivity index (χ1n) is 10.0. The van der Waals surface area contributed by atoms with E-state index in [1.807, 2.05) is 24.3 Å². The number of nitrogens with zero attached hydrogens (tertiary/aromatic N) is 3. The van der Waals surface area contributed by atoms with Gasteiger partial charge in [-0.25, -0.2) is 0 Å². The van der Waals surface area contributed by atoms with Gasteiger partial charge in [-0.15, -0.1) is 10.2 Å². The van der Waals surface area contributed by atoms with E-state index < -0.39 is 0 Å². The van der Waals surface area contributed by atoms with Crippen LogP contribution < -0.4 is 10.1 Å². The van der Waals surface area contributed by atoms with E-state index in [2.05, 4.69) is 39.6 Å². The summed E-state index contributed by atoms with van der Waals surface area (Å²) in [6.45, 7) is 4.55. The highest BCUT2D eigenvalue weighted by atomic mass is 16.5. The van der Waals surface area contributed by atoms with Crippen molar-refractivity contribution >= 4 is 0 Å². The Morgan fingerprint density at radius 2 is 1.83 bits per heavy atom. The van der Waals surface area contributed by atoms with Gasteiger partial charge in [0.2, 0.25) is 5.88 Å². The van der Waals surface area contributed by atoms with Crippen LogP contribution in [0.4, 0.5) is 0 Å². The van der Waals surface area contributed by atoms with E-state index in [1.54, 1.807) is 18.5 Å². The van der Waals surface area contributed by atoms with Crippen molar-refractivity contribution in [2.75, 3.05) is 0 Å². The summed E-state index contributed by atoms with van der Waals surface area (Å²) in [5.74, 6) is 0.684. The number of aromatic nitrogens is 4. The summed E-state index contributed by atoms with van der Waals surface area (Å²) in [7, 11) is 0. The van der Waals surface area contributed by atoms with E-state index in [0.717, 1.165) is 24.0 Å². The number of fused-ring (bicyclic) bond motifs is 2. The highest BCUT2D eigenvalue weighted by molar-refractivity contribution is 5.73. The van der Waals surface area contributed by atoms with E-state index in [0.29, 0.717) is 17.1 Å². The molecule has 3 atom stereocenters. The number of hydrogen-bond acceptors (Lipinski definition) is 6. The average Bonchev–Trinajstić information content (AvgIpc) is 3.28. The molecular weight excluding hydrogens is 366 g/mol. The first kappa shape index (κ1) is 18.1. The topological polar surface area (TPSA) is 96.0 Å². The fourth-order valence-electron chi connectivity index (χ4n) is 4.91. The fourth-order valence-corrected chi connectivity index (χ4v) is 4.91. The SMILES string of the molecule is C[C@]12CC[C@](C)(CC(Oc3ccc(-c4ccc(-c5cn[nH]c5)cc4O)nn3)C1)N2. The number of piperidine rings is 1. The first-order chi connectivity index (χ1) is 13.9. The molecule has 7 heteroatoms. The lowest BCUT2D eigenvalue weighted by atomic mass is 9.86. The Labute approximate surface area is 169 Å². The Balaban J connectivity index is 1.32. The molecule has 0 amide bonds. The molecule has 2 bridgehead atoms. The first-order valence-corrected chi connectivity index (χ1v) is 10.0. The van der Waals surface area contributed by atoms with Gasteiger partial charge in [0, 0.05) is 47.3 Å². The van der Waals surface area contributed by atoms with Crippen molar-refractivity contribution in [3.63, 3.8) is 0 Å². The highest BCUT2D eigenvalue weighted by Crippen LogP contribution is 2.43. The minimum atomic E-state index is 0.136. The number of aromatic hydroxyl groups is 1. The van der Waals surface area contributed by atoms with Crippen LogP contribution in [-0.2, 0) is 0 Å². The molecule has 0 radical (unpaired) electrons. The highest BCUT2D eigenvalue weighted by Gasteiger charge is 2.49. The summed E-state index contributed by atoms with van der Waals surface area (Å²) in [5.41, 5.74) is 3.34. The van der Waals surface area contributed by atoms with Crippen LogP contribution in [-0.4, -0.2) is 42.7 Å². The summed E-state index contributed by atoms with van der Waals surface area (Å²) >= 11 is 0. The Kier molecular flexibility index (Phi) is 4.10. The molecule has 150 valence electrons. The predicted molar refractivity (Wildman–Crippen MR) is 110 cm³/mol. The van der Waals surface area contributed by atoms with E-state index in [-0.39, 0.29) is 22.9 Å². The van der Waals surface area contributed by atoms with Crippen LogP contribution in [0.3, 0.4) is 0 Å². The molecule has 4 heterocycles. The van der Waals surface area contributed by atoms with Crippen LogP contribution in [0.15, 0.2) is 42.7 Å². The molecule has 2 aromatic heterocycles. The number of benzene rings is 1. The zero-order chi connectivity index (χ0) is 20.1.